The van der Waals surface area contributed by atoms with Crippen molar-refractivity contribution < 1.29 is 0 Å². The standard InChI is InChI=1S/C6H11ClS/c1-3-4-6(5-7)8-2/h5H,3-4H2,1-2H3/b6-5-. The SMILES string of the molecule is CCC/C(=C/Cl)SC. The zero-order valence-electron chi connectivity index (χ0n) is 5.28. The van der Waals surface area contributed by atoms with Gasteiger partial charge in [-0.3, -0.25) is 0 Å². The second kappa shape index (κ2) is 5.52. The van der Waals surface area contributed by atoms with Crippen molar-refractivity contribution in [3.05, 3.63) is 10.4 Å². The van der Waals surface area contributed by atoms with Crippen LogP contribution in [0.5, 0.6) is 0 Å². The quantitative estimate of drug-likeness (QED) is 0.596. The van der Waals surface area contributed by atoms with Crippen molar-refractivity contribution in [1.29, 1.82) is 0 Å². The average Bonchev–Trinajstić information content (AvgIpc) is 1.83. The highest BCUT2D eigenvalue weighted by molar-refractivity contribution is 8.02. The number of allylic oxidation sites excluding steroid dienone is 1. The minimum absolute atomic E-state index is 1.12. The lowest BCUT2D eigenvalue weighted by atomic mass is 10.3. The molecule has 2 heteroatoms. The van der Waals surface area contributed by atoms with Crippen LogP contribution in [0.2, 0.25) is 0 Å². The highest BCUT2D eigenvalue weighted by atomic mass is 35.5. The third-order valence-corrected chi connectivity index (χ3v) is 2.12. The molecule has 0 aliphatic rings. The Balaban J connectivity index is 3.38. The van der Waals surface area contributed by atoms with Crippen molar-refractivity contribution in [2.45, 2.75) is 19.8 Å². The van der Waals surface area contributed by atoms with E-state index in [4.69, 9.17) is 11.6 Å². The molecule has 0 aliphatic heterocycles. The Kier molecular flexibility index (Phi) is 5.78. The molecule has 0 unspecified atom stereocenters. The van der Waals surface area contributed by atoms with Crippen LogP contribution in [0.4, 0.5) is 0 Å². The van der Waals surface area contributed by atoms with Gasteiger partial charge >= 0.3 is 0 Å². The van der Waals surface area contributed by atoms with E-state index in [9.17, 15) is 0 Å². The molecule has 0 fully saturated rings. The molecule has 0 bridgehead atoms. The summed E-state index contributed by atoms with van der Waals surface area (Å²) in [7, 11) is 0. The van der Waals surface area contributed by atoms with Gasteiger partial charge < -0.3 is 0 Å². The van der Waals surface area contributed by atoms with Crippen molar-refractivity contribution >= 4 is 23.4 Å². The summed E-state index contributed by atoms with van der Waals surface area (Å²) >= 11 is 7.19. The second-order valence-electron chi connectivity index (χ2n) is 1.53. The number of hydrogen-bond donors (Lipinski definition) is 0. The lowest BCUT2D eigenvalue weighted by molar-refractivity contribution is 0.949. The third kappa shape index (κ3) is 3.39. The predicted molar refractivity (Wildman–Crippen MR) is 42.4 cm³/mol. The maximum atomic E-state index is 5.46. The van der Waals surface area contributed by atoms with Gasteiger partial charge in [0.2, 0.25) is 0 Å². The molecule has 48 valence electrons. The smallest absolute Gasteiger partial charge is 0.0138 e. The molecule has 0 radical (unpaired) electrons. The molecule has 0 nitrogen and oxygen atoms in total. The number of thioether (sulfide) groups is 1. The first-order valence-corrected chi connectivity index (χ1v) is 4.34. The van der Waals surface area contributed by atoms with E-state index in [0.29, 0.717) is 0 Å². The third-order valence-electron chi connectivity index (χ3n) is 0.880. The summed E-state index contributed by atoms with van der Waals surface area (Å²) in [4.78, 5) is 1.27. The van der Waals surface area contributed by atoms with Crippen LogP contribution in [-0.2, 0) is 0 Å². The molecule has 0 rings (SSSR count). The highest BCUT2D eigenvalue weighted by Gasteiger charge is 1.88. The normalized spacial score (nSPS) is 12.1. The molecular formula is C6H11ClS. The second-order valence-corrected chi connectivity index (χ2v) is 2.68. The van der Waals surface area contributed by atoms with Crippen molar-refractivity contribution in [1.82, 2.24) is 0 Å². The molecule has 0 amide bonds. The van der Waals surface area contributed by atoms with Gasteiger partial charge in [0, 0.05) is 5.54 Å². The van der Waals surface area contributed by atoms with Gasteiger partial charge in [0.15, 0.2) is 0 Å². The maximum absolute atomic E-state index is 5.46. The van der Waals surface area contributed by atoms with E-state index < -0.39 is 0 Å². The van der Waals surface area contributed by atoms with Crippen LogP contribution in [0.3, 0.4) is 0 Å². The number of halogens is 1. The molecule has 0 atom stereocenters. The van der Waals surface area contributed by atoms with Crippen LogP contribution in [0.15, 0.2) is 10.4 Å². The summed E-state index contributed by atoms with van der Waals surface area (Å²) in [5, 5.41) is 0. The molecule has 0 heterocycles. The van der Waals surface area contributed by atoms with Crippen molar-refractivity contribution in [3.8, 4) is 0 Å². The molecule has 0 aromatic rings. The van der Waals surface area contributed by atoms with Gasteiger partial charge in [-0.25, -0.2) is 0 Å². The predicted octanol–water partition coefficient (Wildman–Crippen LogP) is 3.23. The molecule has 0 aromatic heterocycles. The van der Waals surface area contributed by atoms with E-state index in [1.807, 2.05) is 6.26 Å². The molecule has 0 saturated heterocycles. The summed E-state index contributed by atoms with van der Waals surface area (Å²) in [5.41, 5.74) is 1.66. The van der Waals surface area contributed by atoms with E-state index in [1.165, 1.54) is 11.3 Å². The first kappa shape index (κ1) is 8.38. The fourth-order valence-electron chi connectivity index (χ4n) is 0.448. The van der Waals surface area contributed by atoms with Crippen LogP contribution >= 0.6 is 23.4 Å². The summed E-state index contributed by atoms with van der Waals surface area (Å²) in [6, 6.07) is 0. The van der Waals surface area contributed by atoms with E-state index in [2.05, 4.69) is 6.92 Å². The number of rotatable bonds is 3. The topological polar surface area (TPSA) is 0 Å². The Morgan fingerprint density at radius 1 is 1.75 bits per heavy atom. The van der Waals surface area contributed by atoms with Crippen LogP contribution < -0.4 is 0 Å². The molecule has 8 heavy (non-hydrogen) atoms. The van der Waals surface area contributed by atoms with Crippen LogP contribution in [-0.4, -0.2) is 6.26 Å². The number of hydrogen-bond acceptors (Lipinski definition) is 1. The zero-order chi connectivity index (χ0) is 6.41. The van der Waals surface area contributed by atoms with Crippen LogP contribution in [0, 0.1) is 0 Å². The van der Waals surface area contributed by atoms with Crippen LogP contribution in [0.25, 0.3) is 0 Å². The molecule has 0 aromatic carbocycles. The average molecular weight is 151 g/mol. The van der Waals surface area contributed by atoms with Crippen molar-refractivity contribution in [2.75, 3.05) is 6.26 Å². The minimum Gasteiger partial charge on any atom is -0.133 e. The highest BCUT2D eigenvalue weighted by Crippen LogP contribution is 2.17. The van der Waals surface area contributed by atoms with Crippen molar-refractivity contribution in [2.24, 2.45) is 0 Å². The molecule has 0 N–H and O–H groups in total. The summed E-state index contributed by atoms with van der Waals surface area (Å²) in [5.74, 6) is 0. The Morgan fingerprint density at radius 2 is 2.38 bits per heavy atom. The Hall–Kier alpha value is 0.380. The van der Waals surface area contributed by atoms with Gasteiger partial charge in [-0.05, 0) is 17.6 Å². The monoisotopic (exact) mass is 150 g/mol. The Morgan fingerprint density at radius 3 is 2.50 bits per heavy atom. The fraction of sp³-hybridized carbons (Fsp3) is 0.667. The van der Waals surface area contributed by atoms with Gasteiger partial charge in [0.25, 0.3) is 0 Å². The lowest BCUT2D eigenvalue weighted by Gasteiger charge is -1.95. The van der Waals surface area contributed by atoms with Gasteiger partial charge in [-0.1, -0.05) is 24.9 Å². The largest absolute Gasteiger partial charge is 0.133 e. The molecule has 0 saturated carbocycles. The lowest BCUT2D eigenvalue weighted by Crippen LogP contribution is -1.70. The van der Waals surface area contributed by atoms with E-state index in [-0.39, 0.29) is 0 Å². The first-order valence-electron chi connectivity index (χ1n) is 2.68. The van der Waals surface area contributed by atoms with Gasteiger partial charge in [0.1, 0.15) is 0 Å². The van der Waals surface area contributed by atoms with Gasteiger partial charge in [0.05, 0.1) is 0 Å². The fourth-order valence-corrected chi connectivity index (χ4v) is 1.32. The van der Waals surface area contributed by atoms with Crippen molar-refractivity contribution in [3.63, 3.8) is 0 Å². The minimum atomic E-state index is 1.12. The van der Waals surface area contributed by atoms with Gasteiger partial charge in [-0.15, -0.1) is 11.8 Å². The van der Waals surface area contributed by atoms with Crippen LogP contribution in [0.1, 0.15) is 19.8 Å². The van der Waals surface area contributed by atoms with E-state index >= 15 is 0 Å². The zero-order valence-corrected chi connectivity index (χ0v) is 6.85. The van der Waals surface area contributed by atoms with E-state index in [1.54, 1.807) is 17.3 Å². The summed E-state index contributed by atoms with van der Waals surface area (Å²) in [6.07, 6.45) is 4.34. The van der Waals surface area contributed by atoms with Gasteiger partial charge in [-0.2, -0.15) is 0 Å². The Labute approximate surface area is 60.3 Å². The Bertz CT molecular complexity index is 78.6. The molecule has 0 aliphatic carbocycles. The van der Waals surface area contributed by atoms with E-state index in [0.717, 1.165) is 6.42 Å². The molecular weight excluding hydrogens is 140 g/mol. The molecule has 0 spiro atoms. The first-order chi connectivity index (χ1) is 3.85. The summed E-state index contributed by atoms with van der Waals surface area (Å²) in [6.45, 7) is 2.15. The summed E-state index contributed by atoms with van der Waals surface area (Å²) < 4.78 is 0. The maximum Gasteiger partial charge on any atom is 0.0138 e.